The van der Waals surface area contributed by atoms with Gasteiger partial charge in [-0.25, -0.2) is 0 Å². The zero-order chi connectivity index (χ0) is 10.8. The molecule has 0 saturated carbocycles. The van der Waals surface area contributed by atoms with Crippen molar-refractivity contribution in [3.8, 4) is 0 Å². The molecule has 1 aliphatic heterocycles. The van der Waals surface area contributed by atoms with Crippen LogP contribution in [0.3, 0.4) is 0 Å². The lowest BCUT2D eigenvalue weighted by Gasteiger charge is -2.19. The van der Waals surface area contributed by atoms with Crippen LogP contribution >= 0.6 is 23.2 Å². The van der Waals surface area contributed by atoms with Gasteiger partial charge in [0.05, 0.1) is 6.61 Å². The molecule has 2 rings (SSSR count). The van der Waals surface area contributed by atoms with Crippen molar-refractivity contribution in [1.82, 2.24) is 0 Å². The predicted molar refractivity (Wildman–Crippen MR) is 62.3 cm³/mol. The summed E-state index contributed by atoms with van der Waals surface area (Å²) >= 11 is 12.0. The molecule has 2 nitrogen and oxygen atoms in total. The summed E-state index contributed by atoms with van der Waals surface area (Å²) in [6.07, 6.45) is 0.990. The van der Waals surface area contributed by atoms with Crippen LogP contribution in [0.1, 0.15) is 18.0 Å². The van der Waals surface area contributed by atoms with E-state index >= 15 is 0 Å². The Morgan fingerprint density at radius 1 is 1.40 bits per heavy atom. The number of rotatable bonds is 2. The van der Waals surface area contributed by atoms with E-state index in [0.29, 0.717) is 22.6 Å². The molecule has 0 amide bonds. The molecule has 0 unspecified atom stereocenters. The highest BCUT2D eigenvalue weighted by molar-refractivity contribution is 6.33. The highest BCUT2D eigenvalue weighted by Crippen LogP contribution is 2.32. The molecule has 1 aromatic rings. The molecule has 82 valence electrons. The van der Waals surface area contributed by atoms with Crippen molar-refractivity contribution in [2.45, 2.75) is 12.5 Å². The molecule has 15 heavy (non-hydrogen) atoms. The van der Waals surface area contributed by atoms with E-state index in [1.165, 1.54) is 0 Å². The zero-order valence-electron chi connectivity index (χ0n) is 8.25. The van der Waals surface area contributed by atoms with Crippen LogP contribution in [-0.2, 0) is 4.74 Å². The number of hydrogen-bond acceptors (Lipinski definition) is 2. The molecule has 1 heterocycles. The van der Waals surface area contributed by atoms with Crippen LogP contribution in [0.4, 0.5) is 0 Å². The molecule has 1 aliphatic rings. The Morgan fingerprint density at radius 3 is 2.87 bits per heavy atom. The first-order valence-corrected chi connectivity index (χ1v) is 5.72. The maximum absolute atomic E-state index is 6.15. The van der Waals surface area contributed by atoms with Gasteiger partial charge >= 0.3 is 0 Å². The van der Waals surface area contributed by atoms with E-state index in [2.05, 4.69) is 0 Å². The van der Waals surface area contributed by atoms with Gasteiger partial charge in [-0.2, -0.15) is 0 Å². The van der Waals surface area contributed by atoms with E-state index < -0.39 is 0 Å². The normalized spacial score (nSPS) is 23.0. The van der Waals surface area contributed by atoms with E-state index in [0.717, 1.165) is 18.6 Å². The van der Waals surface area contributed by atoms with E-state index in [1.807, 2.05) is 6.07 Å². The van der Waals surface area contributed by atoms with Crippen molar-refractivity contribution in [3.05, 3.63) is 33.8 Å². The molecule has 2 N–H and O–H groups in total. The summed E-state index contributed by atoms with van der Waals surface area (Å²) in [5.74, 6) is 0.348. The second-order valence-electron chi connectivity index (χ2n) is 3.82. The topological polar surface area (TPSA) is 35.2 Å². The third-order valence-corrected chi connectivity index (χ3v) is 3.37. The Kier molecular flexibility index (Phi) is 3.52. The fourth-order valence-corrected chi connectivity index (χ4v) is 2.28. The van der Waals surface area contributed by atoms with Crippen molar-refractivity contribution in [1.29, 1.82) is 0 Å². The lowest BCUT2D eigenvalue weighted by atomic mass is 9.93. The van der Waals surface area contributed by atoms with Crippen molar-refractivity contribution in [2.24, 2.45) is 11.7 Å². The highest BCUT2D eigenvalue weighted by atomic mass is 35.5. The summed E-state index contributed by atoms with van der Waals surface area (Å²) in [5.41, 5.74) is 7.06. The van der Waals surface area contributed by atoms with Gasteiger partial charge in [-0.05, 0) is 30.2 Å². The van der Waals surface area contributed by atoms with Crippen LogP contribution in [0, 0.1) is 5.92 Å². The number of hydrogen-bond donors (Lipinski definition) is 1. The summed E-state index contributed by atoms with van der Waals surface area (Å²) < 4.78 is 5.31. The largest absolute Gasteiger partial charge is 0.381 e. The Bertz CT molecular complexity index is 350. The Morgan fingerprint density at radius 2 is 2.20 bits per heavy atom. The average Bonchev–Trinajstić information content (AvgIpc) is 2.74. The first-order chi connectivity index (χ1) is 7.18. The lowest BCUT2D eigenvalue weighted by molar-refractivity contribution is 0.181. The first kappa shape index (κ1) is 11.2. The van der Waals surface area contributed by atoms with Gasteiger partial charge in [0.2, 0.25) is 0 Å². The maximum atomic E-state index is 6.15. The Hall–Kier alpha value is -0.280. The first-order valence-electron chi connectivity index (χ1n) is 4.97. The van der Waals surface area contributed by atoms with Crippen LogP contribution in [-0.4, -0.2) is 13.2 Å². The summed E-state index contributed by atoms with van der Waals surface area (Å²) in [4.78, 5) is 0. The van der Waals surface area contributed by atoms with Crippen molar-refractivity contribution in [3.63, 3.8) is 0 Å². The van der Waals surface area contributed by atoms with Gasteiger partial charge in [-0.15, -0.1) is 0 Å². The standard InChI is InChI=1S/C11H13Cl2NO/c12-8-1-2-10(13)9(5-8)11(14)7-3-4-15-6-7/h1-2,5,7,11H,3-4,6,14H2/t7-,11-/m0/s1. The zero-order valence-corrected chi connectivity index (χ0v) is 9.76. The van der Waals surface area contributed by atoms with Gasteiger partial charge < -0.3 is 10.5 Å². The average molecular weight is 246 g/mol. The molecule has 4 heteroatoms. The molecule has 0 spiro atoms. The van der Waals surface area contributed by atoms with E-state index in [9.17, 15) is 0 Å². The minimum Gasteiger partial charge on any atom is -0.381 e. The van der Waals surface area contributed by atoms with Crippen LogP contribution in [0.25, 0.3) is 0 Å². The summed E-state index contributed by atoms with van der Waals surface area (Å²) in [6.45, 7) is 1.50. The van der Waals surface area contributed by atoms with Gasteiger partial charge in [0.1, 0.15) is 0 Å². The van der Waals surface area contributed by atoms with Gasteiger partial charge in [0.25, 0.3) is 0 Å². The fourth-order valence-electron chi connectivity index (χ4n) is 1.86. The summed E-state index contributed by atoms with van der Waals surface area (Å²) in [5, 5.41) is 1.35. The molecule has 0 bridgehead atoms. The minimum atomic E-state index is -0.0845. The molecule has 1 aromatic carbocycles. The van der Waals surface area contributed by atoms with Gasteiger partial charge in [0, 0.05) is 28.6 Å². The van der Waals surface area contributed by atoms with Crippen molar-refractivity contribution < 1.29 is 4.74 Å². The Labute approximate surface area is 99.3 Å². The fraction of sp³-hybridized carbons (Fsp3) is 0.455. The molecular formula is C11H13Cl2NO. The van der Waals surface area contributed by atoms with Crippen LogP contribution in [0.5, 0.6) is 0 Å². The molecule has 1 fully saturated rings. The van der Waals surface area contributed by atoms with E-state index in [-0.39, 0.29) is 6.04 Å². The number of benzene rings is 1. The number of nitrogens with two attached hydrogens (primary N) is 1. The highest BCUT2D eigenvalue weighted by Gasteiger charge is 2.25. The maximum Gasteiger partial charge on any atom is 0.0513 e. The second kappa shape index (κ2) is 4.71. The number of ether oxygens (including phenoxy) is 1. The summed E-state index contributed by atoms with van der Waals surface area (Å²) in [7, 11) is 0. The molecule has 0 aliphatic carbocycles. The van der Waals surface area contributed by atoms with Crippen molar-refractivity contribution in [2.75, 3.05) is 13.2 Å². The number of halogens is 2. The monoisotopic (exact) mass is 245 g/mol. The lowest BCUT2D eigenvalue weighted by Crippen LogP contribution is -2.21. The van der Waals surface area contributed by atoms with Crippen LogP contribution in [0.15, 0.2) is 18.2 Å². The van der Waals surface area contributed by atoms with E-state index in [4.69, 9.17) is 33.7 Å². The molecule has 2 atom stereocenters. The molecule has 1 saturated heterocycles. The quantitative estimate of drug-likeness (QED) is 0.870. The third kappa shape index (κ3) is 2.45. The molecular weight excluding hydrogens is 233 g/mol. The summed E-state index contributed by atoms with van der Waals surface area (Å²) in [6, 6.07) is 5.31. The van der Waals surface area contributed by atoms with E-state index in [1.54, 1.807) is 12.1 Å². The minimum absolute atomic E-state index is 0.0845. The second-order valence-corrected chi connectivity index (χ2v) is 4.66. The van der Waals surface area contributed by atoms with Crippen LogP contribution in [0.2, 0.25) is 10.0 Å². The van der Waals surface area contributed by atoms with Gasteiger partial charge in [0.15, 0.2) is 0 Å². The van der Waals surface area contributed by atoms with Crippen LogP contribution < -0.4 is 5.73 Å². The smallest absolute Gasteiger partial charge is 0.0513 e. The predicted octanol–water partition coefficient (Wildman–Crippen LogP) is 3.03. The molecule has 0 radical (unpaired) electrons. The third-order valence-electron chi connectivity index (χ3n) is 2.79. The van der Waals surface area contributed by atoms with Gasteiger partial charge in [-0.1, -0.05) is 23.2 Å². The Balaban J connectivity index is 2.23. The van der Waals surface area contributed by atoms with Gasteiger partial charge in [-0.3, -0.25) is 0 Å². The van der Waals surface area contributed by atoms with Crippen molar-refractivity contribution >= 4 is 23.2 Å². The molecule has 0 aromatic heterocycles. The SMILES string of the molecule is N[C@H](c1cc(Cl)ccc1Cl)[C@H]1CCOC1.